The first-order valence-electron chi connectivity index (χ1n) is 14.2. The maximum absolute atomic E-state index is 12.8. The molecule has 0 radical (unpaired) electrons. The molecule has 0 aliphatic carbocycles. The van der Waals surface area contributed by atoms with E-state index in [9.17, 15) is 4.79 Å². The third-order valence-corrected chi connectivity index (χ3v) is 6.98. The standard InChI is InChI=1S/C32H50NO3/c1-5-7-8-9-10-11-12-14-18-28-21-23-30(24-22-28)35-25-17-26-36-32(34)31(6-2)33(3,4)27-29-19-15-13-16-20-29/h13,15-16,19-24,31H,5-12,14,17-18,25-27H2,1-4H3/q+1. The van der Waals surface area contributed by atoms with Gasteiger partial charge >= 0.3 is 5.97 Å². The van der Waals surface area contributed by atoms with Crippen molar-refractivity contribution in [2.45, 2.75) is 97.1 Å². The first kappa shape index (κ1) is 29.9. The molecular formula is C32H50NO3+. The lowest BCUT2D eigenvalue weighted by atomic mass is 10.0. The highest BCUT2D eigenvalue weighted by Gasteiger charge is 2.34. The minimum atomic E-state index is -0.181. The molecule has 0 fully saturated rings. The van der Waals surface area contributed by atoms with Gasteiger partial charge in [0.1, 0.15) is 12.3 Å². The lowest BCUT2D eigenvalue weighted by Crippen LogP contribution is -2.52. The molecule has 2 rings (SSSR count). The molecule has 2 aromatic carbocycles. The maximum atomic E-state index is 12.8. The second-order valence-corrected chi connectivity index (χ2v) is 10.6. The van der Waals surface area contributed by atoms with Crippen molar-refractivity contribution in [1.82, 2.24) is 0 Å². The number of unbranched alkanes of at least 4 members (excludes halogenated alkanes) is 7. The zero-order valence-corrected chi connectivity index (χ0v) is 23.3. The van der Waals surface area contributed by atoms with Gasteiger partial charge in [-0.05, 0) is 30.5 Å². The Morgan fingerprint density at radius 3 is 2.03 bits per heavy atom. The van der Waals surface area contributed by atoms with Gasteiger partial charge in [0, 0.05) is 18.4 Å². The van der Waals surface area contributed by atoms with Crippen LogP contribution in [0.25, 0.3) is 0 Å². The highest BCUT2D eigenvalue weighted by molar-refractivity contribution is 5.74. The van der Waals surface area contributed by atoms with Gasteiger partial charge in [0.15, 0.2) is 6.04 Å². The summed E-state index contributed by atoms with van der Waals surface area (Å²) in [5.41, 5.74) is 2.61. The predicted molar refractivity (Wildman–Crippen MR) is 150 cm³/mol. The molecule has 2 aromatic rings. The Morgan fingerprint density at radius 1 is 0.750 bits per heavy atom. The normalized spacial score (nSPS) is 12.3. The van der Waals surface area contributed by atoms with Gasteiger partial charge in [-0.1, -0.05) is 101 Å². The first-order valence-corrected chi connectivity index (χ1v) is 14.2. The van der Waals surface area contributed by atoms with E-state index >= 15 is 0 Å². The maximum Gasteiger partial charge on any atom is 0.364 e. The minimum absolute atomic E-state index is 0.122. The van der Waals surface area contributed by atoms with E-state index in [0.717, 1.165) is 25.1 Å². The van der Waals surface area contributed by atoms with Crippen molar-refractivity contribution < 1.29 is 18.8 Å². The fourth-order valence-corrected chi connectivity index (χ4v) is 4.84. The third-order valence-electron chi connectivity index (χ3n) is 6.98. The number of aryl methyl sites for hydroxylation is 1. The molecule has 0 heterocycles. The molecule has 0 aromatic heterocycles. The first-order chi connectivity index (χ1) is 17.5. The summed E-state index contributed by atoms with van der Waals surface area (Å²) in [5.74, 6) is 0.761. The number of rotatable bonds is 19. The van der Waals surface area contributed by atoms with Crippen molar-refractivity contribution in [3.63, 3.8) is 0 Å². The number of hydrogen-bond donors (Lipinski definition) is 0. The van der Waals surface area contributed by atoms with E-state index in [1.807, 2.05) is 18.2 Å². The topological polar surface area (TPSA) is 35.5 Å². The molecule has 4 nitrogen and oxygen atoms in total. The lowest BCUT2D eigenvalue weighted by molar-refractivity contribution is -0.919. The van der Waals surface area contributed by atoms with Crippen LogP contribution in [0.15, 0.2) is 54.6 Å². The molecule has 0 spiro atoms. The molecule has 1 unspecified atom stereocenters. The Morgan fingerprint density at radius 2 is 1.39 bits per heavy atom. The molecule has 4 heteroatoms. The third kappa shape index (κ3) is 11.6. The smallest absolute Gasteiger partial charge is 0.364 e. The number of likely N-dealkylation sites (N-methyl/N-ethyl adjacent to an activating group) is 1. The Bertz CT molecular complexity index is 832. The van der Waals surface area contributed by atoms with Crippen molar-refractivity contribution >= 4 is 5.97 Å². The number of hydrogen-bond acceptors (Lipinski definition) is 3. The van der Waals surface area contributed by atoms with Crippen LogP contribution in [0.4, 0.5) is 0 Å². The number of quaternary nitrogens is 1. The van der Waals surface area contributed by atoms with Crippen LogP contribution in [0.5, 0.6) is 5.75 Å². The second-order valence-electron chi connectivity index (χ2n) is 10.6. The van der Waals surface area contributed by atoms with Gasteiger partial charge in [-0.3, -0.25) is 0 Å². The Kier molecular flexibility index (Phi) is 14.3. The monoisotopic (exact) mass is 496 g/mol. The second kappa shape index (κ2) is 17.2. The zero-order valence-electron chi connectivity index (χ0n) is 23.3. The van der Waals surface area contributed by atoms with Crippen LogP contribution >= 0.6 is 0 Å². The van der Waals surface area contributed by atoms with Gasteiger partial charge in [-0.2, -0.15) is 0 Å². The molecule has 0 bridgehead atoms. The summed E-state index contributed by atoms with van der Waals surface area (Å²) in [4.78, 5) is 12.8. The van der Waals surface area contributed by atoms with Crippen molar-refractivity contribution in [3.05, 3.63) is 65.7 Å². The Balaban J connectivity index is 1.61. The van der Waals surface area contributed by atoms with Crippen LogP contribution in [0.1, 0.15) is 89.2 Å². The SMILES string of the molecule is CCCCCCCCCCc1ccc(OCCCOC(=O)C(CC)[N+](C)(C)Cc2ccccc2)cc1. The van der Waals surface area contributed by atoms with Crippen molar-refractivity contribution in [2.24, 2.45) is 0 Å². The molecule has 0 aliphatic rings. The van der Waals surface area contributed by atoms with Crippen molar-refractivity contribution in [1.29, 1.82) is 0 Å². The number of carbonyl (C=O) groups is 1. The molecule has 0 saturated heterocycles. The van der Waals surface area contributed by atoms with E-state index in [-0.39, 0.29) is 12.0 Å². The van der Waals surface area contributed by atoms with Crippen LogP contribution in [0.2, 0.25) is 0 Å². The summed E-state index contributed by atoms with van der Waals surface area (Å²) >= 11 is 0. The number of ether oxygens (including phenoxy) is 2. The van der Waals surface area contributed by atoms with Crippen LogP contribution in [-0.2, 0) is 22.5 Å². The van der Waals surface area contributed by atoms with Crippen LogP contribution in [0.3, 0.4) is 0 Å². The van der Waals surface area contributed by atoms with E-state index in [2.05, 4.69) is 64.3 Å². The van der Waals surface area contributed by atoms with E-state index in [0.29, 0.717) is 24.1 Å². The number of benzene rings is 2. The average molecular weight is 497 g/mol. The fraction of sp³-hybridized carbons (Fsp3) is 0.594. The fourth-order valence-electron chi connectivity index (χ4n) is 4.84. The molecular weight excluding hydrogens is 446 g/mol. The zero-order chi connectivity index (χ0) is 26.1. The Hall–Kier alpha value is -2.33. The highest BCUT2D eigenvalue weighted by atomic mass is 16.5. The number of carbonyl (C=O) groups excluding carboxylic acids is 1. The summed E-state index contributed by atoms with van der Waals surface area (Å²) in [5, 5.41) is 0. The largest absolute Gasteiger partial charge is 0.493 e. The van der Waals surface area contributed by atoms with E-state index < -0.39 is 0 Å². The molecule has 0 aliphatic heterocycles. The van der Waals surface area contributed by atoms with Crippen LogP contribution < -0.4 is 4.74 Å². The average Bonchev–Trinajstić information content (AvgIpc) is 2.87. The van der Waals surface area contributed by atoms with E-state index in [4.69, 9.17) is 9.47 Å². The summed E-state index contributed by atoms with van der Waals surface area (Å²) in [6.07, 6.45) is 13.4. The molecule has 0 amide bonds. The molecule has 0 saturated carbocycles. The van der Waals surface area contributed by atoms with Gasteiger partial charge in [-0.15, -0.1) is 0 Å². The van der Waals surface area contributed by atoms with Gasteiger partial charge in [0.2, 0.25) is 0 Å². The van der Waals surface area contributed by atoms with Gasteiger partial charge in [0.05, 0.1) is 27.3 Å². The predicted octanol–water partition coefficient (Wildman–Crippen LogP) is 7.74. The minimum Gasteiger partial charge on any atom is -0.493 e. The van der Waals surface area contributed by atoms with Crippen LogP contribution in [0, 0.1) is 0 Å². The molecule has 36 heavy (non-hydrogen) atoms. The van der Waals surface area contributed by atoms with Gasteiger partial charge < -0.3 is 14.0 Å². The number of esters is 1. The summed E-state index contributed by atoms with van der Waals surface area (Å²) in [7, 11) is 4.20. The van der Waals surface area contributed by atoms with Crippen molar-refractivity contribution in [3.8, 4) is 5.75 Å². The molecule has 200 valence electrons. The van der Waals surface area contributed by atoms with Crippen LogP contribution in [-0.4, -0.2) is 43.8 Å². The summed E-state index contributed by atoms with van der Waals surface area (Å²) < 4.78 is 12.1. The quantitative estimate of drug-likeness (QED) is 0.113. The molecule has 0 N–H and O–H groups in total. The summed E-state index contributed by atoms with van der Waals surface area (Å²) in [6, 6.07) is 18.6. The lowest BCUT2D eigenvalue weighted by Gasteiger charge is -2.36. The van der Waals surface area contributed by atoms with E-state index in [1.54, 1.807) is 0 Å². The van der Waals surface area contributed by atoms with Gasteiger partial charge in [-0.25, -0.2) is 4.79 Å². The van der Waals surface area contributed by atoms with Gasteiger partial charge in [0.25, 0.3) is 0 Å². The summed E-state index contributed by atoms with van der Waals surface area (Å²) in [6.45, 7) is 6.05. The van der Waals surface area contributed by atoms with E-state index in [1.165, 1.54) is 62.5 Å². The Labute approximate surface area is 220 Å². The number of nitrogens with zero attached hydrogens (tertiary/aromatic N) is 1. The van der Waals surface area contributed by atoms with Crippen molar-refractivity contribution in [2.75, 3.05) is 27.3 Å². The molecule has 1 atom stereocenters. The highest BCUT2D eigenvalue weighted by Crippen LogP contribution is 2.19.